The van der Waals surface area contributed by atoms with Crippen LogP contribution in [0.15, 0.2) is 29.5 Å². The molecule has 1 aliphatic rings. The molecule has 124 valence electrons. The van der Waals surface area contributed by atoms with Crippen LogP contribution < -0.4 is 14.6 Å². The van der Waals surface area contributed by atoms with Crippen LogP contribution in [0.2, 0.25) is 0 Å². The van der Waals surface area contributed by atoms with Gasteiger partial charge < -0.3 is 19.3 Å². The molecular formula is C17H19O6-. The van der Waals surface area contributed by atoms with Crippen LogP contribution in [0.4, 0.5) is 0 Å². The Morgan fingerprint density at radius 1 is 1.26 bits per heavy atom. The van der Waals surface area contributed by atoms with E-state index in [1.807, 2.05) is 0 Å². The Hall–Kier alpha value is -2.50. The van der Waals surface area contributed by atoms with Gasteiger partial charge in [0.15, 0.2) is 11.5 Å². The summed E-state index contributed by atoms with van der Waals surface area (Å²) in [5.41, 5.74) is 0.614. The second kappa shape index (κ2) is 7.17. The molecular weight excluding hydrogens is 300 g/mol. The van der Waals surface area contributed by atoms with Gasteiger partial charge in [-0.3, -0.25) is 4.79 Å². The zero-order chi connectivity index (χ0) is 17.0. The van der Waals surface area contributed by atoms with Crippen LogP contribution in [-0.4, -0.2) is 25.2 Å². The number of esters is 1. The van der Waals surface area contributed by atoms with Gasteiger partial charge >= 0.3 is 5.97 Å². The molecule has 0 aliphatic carbocycles. The van der Waals surface area contributed by atoms with Gasteiger partial charge in [-0.05, 0) is 31.5 Å². The summed E-state index contributed by atoms with van der Waals surface area (Å²) in [6.07, 6.45) is 0.0351. The number of fused-ring (bicyclic) bond motifs is 1. The fourth-order valence-corrected chi connectivity index (χ4v) is 2.54. The van der Waals surface area contributed by atoms with E-state index in [1.165, 1.54) is 13.8 Å². The minimum absolute atomic E-state index is 0.0269. The number of carbonyl (C=O) groups excluding carboxylic acids is 2. The zero-order valence-electron chi connectivity index (χ0n) is 13.4. The summed E-state index contributed by atoms with van der Waals surface area (Å²) in [6, 6.07) is 5.12. The molecule has 0 radical (unpaired) electrons. The van der Waals surface area contributed by atoms with Gasteiger partial charge in [0, 0.05) is 17.9 Å². The monoisotopic (exact) mass is 319 g/mol. The smallest absolute Gasteiger partial charge is 0.333 e. The number of allylic oxidation sites excluding steroid dienone is 1. The van der Waals surface area contributed by atoms with Crippen molar-refractivity contribution in [3.05, 3.63) is 35.1 Å². The Labute approximate surface area is 134 Å². The second-order valence-corrected chi connectivity index (χ2v) is 5.26. The fourth-order valence-electron chi connectivity index (χ4n) is 2.54. The molecule has 23 heavy (non-hydrogen) atoms. The summed E-state index contributed by atoms with van der Waals surface area (Å²) in [6.45, 7) is 4.66. The van der Waals surface area contributed by atoms with Crippen LogP contribution >= 0.6 is 0 Å². The Bertz CT molecular complexity index is 642. The molecule has 1 aromatic carbocycles. The van der Waals surface area contributed by atoms with E-state index < -0.39 is 17.6 Å². The van der Waals surface area contributed by atoms with Crippen molar-refractivity contribution in [1.29, 1.82) is 0 Å². The molecule has 0 spiro atoms. The average molecular weight is 319 g/mol. The molecule has 0 aromatic heterocycles. The summed E-state index contributed by atoms with van der Waals surface area (Å²) < 4.78 is 15.6. The summed E-state index contributed by atoms with van der Waals surface area (Å²) in [4.78, 5) is 23.8. The molecule has 1 aliphatic heterocycles. The molecule has 2 rings (SSSR count). The average Bonchev–Trinajstić information content (AvgIpc) is 2.93. The standard InChI is InChI=1S/C17H20O6/c1-4-21-17(20)16(11(3)19)13(7-10(2)18)12-5-6-14-15(8-12)23-9-22-14/h5-6,8,13,19H,4,7,9H2,1-3H3/p-1/b16-11-. The molecule has 0 N–H and O–H groups in total. The van der Waals surface area contributed by atoms with Crippen LogP contribution in [0.1, 0.15) is 38.7 Å². The number of ketones is 1. The minimum atomic E-state index is -0.691. The van der Waals surface area contributed by atoms with Gasteiger partial charge in [0.1, 0.15) is 5.78 Å². The van der Waals surface area contributed by atoms with Crippen molar-refractivity contribution in [2.75, 3.05) is 13.4 Å². The van der Waals surface area contributed by atoms with E-state index in [2.05, 4.69) is 0 Å². The van der Waals surface area contributed by atoms with Gasteiger partial charge in [0.2, 0.25) is 6.79 Å². The number of benzene rings is 1. The van der Waals surface area contributed by atoms with Crippen molar-refractivity contribution in [2.45, 2.75) is 33.1 Å². The maximum absolute atomic E-state index is 12.2. The lowest BCUT2D eigenvalue weighted by molar-refractivity contribution is -0.303. The Morgan fingerprint density at radius 2 is 1.96 bits per heavy atom. The van der Waals surface area contributed by atoms with Crippen LogP contribution in [-0.2, 0) is 14.3 Å². The van der Waals surface area contributed by atoms with Crippen LogP contribution in [0, 0.1) is 0 Å². The number of Topliss-reactive ketones (excluding diaryl/α,β-unsaturated/α-hetero) is 1. The third-order valence-corrected chi connectivity index (χ3v) is 3.51. The SMILES string of the molecule is CCOC(=O)/C(=C(/C)[O-])C(CC(C)=O)c1ccc2c(c1)OCO2. The first-order chi connectivity index (χ1) is 10.9. The van der Waals surface area contributed by atoms with E-state index in [-0.39, 0.29) is 31.2 Å². The van der Waals surface area contributed by atoms with E-state index in [1.54, 1.807) is 25.1 Å². The lowest BCUT2D eigenvalue weighted by Gasteiger charge is -2.23. The van der Waals surface area contributed by atoms with Crippen molar-refractivity contribution in [3.8, 4) is 11.5 Å². The van der Waals surface area contributed by atoms with Gasteiger partial charge in [-0.1, -0.05) is 13.0 Å². The van der Waals surface area contributed by atoms with Crippen LogP contribution in [0.25, 0.3) is 0 Å². The lowest BCUT2D eigenvalue weighted by atomic mass is 9.86. The number of hydrogen-bond donors (Lipinski definition) is 0. The zero-order valence-corrected chi connectivity index (χ0v) is 13.4. The normalized spacial score (nSPS) is 14.9. The molecule has 0 amide bonds. The van der Waals surface area contributed by atoms with Crippen LogP contribution in [0.5, 0.6) is 11.5 Å². The molecule has 0 fully saturated rings. The maximum atomic E-state index is 12.2. The highest BCUT2D eigenvalue weighted by molar-refractivity contribution is 5.92. The Balaban J connectivity index is 2.45. The van der Waals surface area contributed by atoms with Crippen molar-refractivity contribution in [2.24, 2.45) is 0 Å². The summed E-state index contributed by atoms with van der Waals surface area (Å²) in [7, 11) is 0. The van der Waals surface area contributed by atoms with Crippen LogP contribution in [0.3, 0.4) is 0 Å². The van der Waals surface area contributed by atoms with Gasteiger partial charge in [-0.25, -0.2) is 4.79 Å². The Kier molecular flexibility index (Phi) is 5.26. The van der Waals surface area contributed by atoms with Gasteiger partial charge in [-0.2, -0.15) is 0 Å². The van der Waals surface area contributed by atoms with Crippen molar-refractivity contribution >= 4 is 11.8 Å². The highest BCUT2D eigenvalue weighted by Crippen LogP contribution is 2.38. The highest BCUT2D eigenvalue weighted by Gasteiger charge is 2.27. The summed E-state index contributed by atoms with van der Waals surface area (Å²) in [5.74, 6) is -0.774. The number of hydrogen-bond acceptors (Lipinski definition) is 6. The number of carbonyl (C=O) groups is 2. The topological polar surface area (TPSA) is 84.9 Å². The third-order valence-electron chi connectivity index (χ3n) is 3.51. The van der Waals surface area contributed by atoms with Crippen molar-refractivity contribution in [1.82, 2.24) is 0 Å². The van der Waals surface area contributed by atoms with E-state index in [0.717, 1.165) is 0 Å². The molecule has 1 unspecified atom stereocenters. The van der Waals surface area contributed by atoms with Gasteiger partial charge in [0.05, 0.1) is 6.61 Å². The maximum Gasteiger partial charge on any atom is 0.333 e. The molecule has 0 saturated heterocycles. The minimum Gasteiger partial charge on any atom is -0.875 e. The molecule has 6 nitrogen and oxygen atoms in total. The predicted molar refractivity (Wildman–Crippen MR) is 79.9 cm³/mol. The van der Waals surface area contributed by atoms with Crippen molar-refractivity contribution in [3.63, 3.8) is 0 Å². The molecule has 1 atom stereocenters. The fraction of sp³-hybridized carbons (Fsp3) is 0.412. The van der Waals surface area contributed by atoms with Gasteiger partial charge in [0.25, 0.3) is 0 Å². The summed E-state index contributed by atoms with van der Waals surface area (Å²) in [5, 5.41) is 12.0. The first-order valence-corrected chi connectivity index (χ1v) is 7.38. The van der Waals surface area contributed by atoms with Gasteiger partial charge in [-0.15, -0.1) is 5.76 Å². The predicted octanol–water partition coefficient (Wildman–Crippen LogP) is 1.68. The number of ether oxygens (including phenoxy) is 3. The largest absolute Gasteiger partial charge is 0.875 e. The molecule has 0 saturated carbocycles. The molecule has 1 heterocycles. The highest BCUT2D eigenvalue weighted by atomic mass is 16.7. The summed E-state index contributed by atoms with van der Waals surface area (Å²) >= 11 is 0. The van der Waals surface area contributed by atoms with Crippen molar-refractivity contribution < 1.29 is 28.9 Å². The van der Waals surface area contributed by atoms with E-state index in [0.29, 0.717) is 17.1 Å². The quantitative estimate of drug-likeness (QED) is 0.450. The number of rotatable bonds is 6. The molecule has 1 aromatic rings. The third kappa shape index (κ3) is 3.83. The second-order valence-electron chi connectivity index (χ2n) is 5.26. The van der Waals surface area contributed by atoms with E-state index in [9.17, 15) is 14.7 Å². The molecule has 6 heteroatoms. The van der Waals surface area contributed by atoms with E-state index in [4.69, 9.17) is 14.2 Å². The lowest BCUT2D eigenvalue weighted by Crippen LogP contribution is -2.22. The Morgan fingerprint density at radius 3 is 2.57 bits per heavy atom. The first kappa shape index (κ1) is 16.9. The first-order valence-electron chi connectivity index (χ1n) is 7.38. The van der Waals surface area contributed by atoms with E-state index >= 15 is 0 Å². The molecule has 0 bridgehead atoms.